The summed E-state index contributed by atoms with van der Waals surface area (Å²) in [5.74, 6) is 0. The Morgan fingerprint density at radius 2 is 1.63 bits per heavy atom. The zero-order valence-corrected chi connectivity index (χ0v) is 17.7. The van der Waals surface area contributed by atoms with Gasteiger partial charge in [-0.15, -0.1) is 11.3 Å². The number of aryl methyl sites for hydroxylation is 2. The van der Waals surface area contributed by atoms with Gasteiger partial charge in [0.25, 0.3) is 0 Å². The number of rotatable bonds is 5. The van der Waals surface area contributed by atoms with Gasteiger partial charge in [0.1, 0.15) is 16.6 Å². The van der Waals surface area contributed by atoms with E-state index >= 15 is 0 Å². The second-order valence-electron chi connectivity index (χ2n) is 7.11. The van der Waals surface area contributed by atoms with Crippen LogP contribution in [0.15, 0.2) is 84.4 Å². The summed E-state index contributed by atoms with van der Waals surface area (Å²) in [7, 11) is 0. The lowest BCUT2D eigenvalue weighted by Gasteiger charge is -2.06. The van der Waals surface area contributed by atoms with Crippen molar-refractivity contribution in [2.75, 3.05) is 5.32 Å². The molecule has 146 valence electrons. The van der Waals surface area contributed by atoms with E-state index in [-0.39, 0.29) is 0 Å². The molecule has 0 saturated heterocycles. The molecule has 1 N–H and O–H groups in total. The summed E-state index contributed by atoms with van der Waals surface area (Å²) in [6.45, 7) is 4.12. The van der Waals surface area contributed by atoms with Gasteiger partial charge in [-0.05, 0) is 36.6 Å². The quantitative estimate of drug-likeness (QED) is 0.360. The Bertz CT molecular complexity index is 1230. The smallest absolute Gasteiger partial charge is 0.136 e. The van der Waals surface area contributed by atoms with Gasteiger partial charge >= 0.3 is 0 Å². The number of hydrogen-bond acceptors (Lipinski definition) is 4. The van der Waals surface area contributed by atoms with Crippen LogP contribution < -0.4 is 5.32 Å². The fraction of sp³-hybridized carbons (Fsp3) is 0.0769. The molecule has 0 fully saturated rings. The van der Waals surface area contributed by atoms with Gasteiger partial charge in [0.15, 0.2) is 0 Å². The molecule has 0 radical (unpaired) electrons. The minimum Gasteiger partial charge on any atom is -0.360 e. The first-order valence-corrected chi connectivity index (χ1v) is 10.6. The third kappa shape index (κ3) is 4.32. The first-order valence-electron chi connectivity index (χ1n) is 9.70. The van der Waals surface area contributed by atoms with Crippen molar-refractivity contribution in [3.63, 3.8) is 0 Å². The molecular weight excluding hydrogens is 386 g/mol. The Morgan fingerprint density at radius 1 is 0.933 bits per heavy atom. The number of thiazole rings is 1. The van der Waals surface area contributed by atoms with Crippen LogP contribution in [0.5, 0.6) is 0 Å². The predicted molar refractivity (Wildman–Crippen MR) is 126 cm³/mol. The number of nitriles is 1. The van der Waals surface area contributed by atoms with Crippen LogP contribution in [0.2, 0.25) is 0 Å². The van der Waals surface area contributed by atoms with E-state index in [1.165, 1.54) is 28.0 Å². The maximum Gasteiger partial charge on any atom is 0.136 e. The molecular formula is C26H21N3S. The summed E-state index contributed by atoms with van der Waals surface area (Å²) in [5.41, 5.74) is 8.14. The van der Waals surface area contributed by atoms with Crippen LogP contribution in [0, 0.1) is 25.2 Å². The zero-order chi connectivity index (χ0) is 20.9. The van der Waals surface area contributed by atoms with Crippen molar-refractivity contribution >= 4 is 22.6 Å². The van der Waals surface area contributed by atoms with E-state index in [4.69, 9.17) is 4.98 Å². The number of hydrogen-bond donors (Lipinski definition) is 1. The van der Waals surface area contributed by atoms with Crippen molar-refractivity contribution in [2.24, 2.45) is 0 Å². The molecule has 0 aliphatic carbocycles. The van der Waals surface area contributed by atoms with Crippen molar-refractivity contribution in [1.82, 2.24) is 4.98 Å². The van der Waals surface area contributed by atoms with E-state index in [0.29, 0.717) is 10.6 Å². The normalized spacial score (nSPS) is 11.2. The van der Waals surface area contributed by atoms with Crippen molar-refractivity contribution in [3.8, 4) is 28.5 Å². The standard InChI is InChI=1S/C26H21N3S/c1-18-8-13-24(19(2)14-18)28-16-23(15-27)26-29-25(17-30-26)22-11-9-21(10-12-22)20-6-4-3-5-7-20/h3-14,16-17,28H,1-2H3/b23-16-. The summed E-state index contributed by atoms with van der Waals surface area (Å²) >= 11 is 1.48. The lowest BCUT2D eigenvalue weighted by atomic mass is 10.0. The van der Waals surface area contributed by atoms with Gasteiger partial charge in [-0.2, -0.15) is 5.26 Å². The lowest BCUT2D eigenvalue weighted by molar-refractivity contribution is 1.35. The second-order valence-corrected chi connectivity index (χ2v) is 7.97. The molecule has 0 saturated carbocycles. The summed E-state index contributed by atoms with van der Waals surface area (Å²) in [6.07, 6.45) is 1.73. The van der Waals surface area contributed by atoms with E-state index in [0.717, 1.165) is 22.5 Å². The molecule has 1 heterocycles. The van der Waals surface area contributed by atoms with Crippen molar-refractivity contribution in [2.45, 2.75) is 13.8 Å². The molecule has 30 heavy (non-hydrogen) atoms. The molecule has 0 bridgehead atoms. The van der Waals surface area contributed by atoms with Gasteiger partial charge in [0.2, 0.25) is 0 Å². The Labute approximate surface area is 181 Å². The van der Waals surface area contributed by atoms with E-state index in [1.54, 1.807) is 6.20 Å². The lowest BCUT2D eigenvalue weighted by Crippen LogP contribution is -1.94. The first-order chi connectivity index (χ1) is 14.6. The summed E-state index contributed by atoms with van der Waals surface area (Å²) in [6, 6.07) is 27.1. The topological polar surface area (TPSA) is 48.7 Å². The first kappa shape index (κ1) is 19.6. The summed E-state index contributed by atoms with van der Waals surface area (Å²) < 4.78 is 0. The van der Waals surface area contributed by atoms with Crippen molar-refractivity contribution in [1.29, 1.82) is 5.26 Å². The highest BCUT2D eigenvalue weighted by molar-refractivity contribution is 7.11. The fourth-order valence-corrected chi connectivity index (χ4v) is 4.06. The van der Waals surface area contributed by atoms with Gasteiger partial charge in [0, 0.05) is 22.8 Å². The average Bonchev–Trinajstić information content (AvgIpc) is 3.26. The Morgan fingerprint density at radius 3 is 2.33 bits per heavy atom. The van der Waals surface area contributed by atoms with Crippen LogP contribution in [-0.2, 0) is 0 Å². The van der Waals surface area contributed by atoms with E-state index in [2.05, 4.69) is 73.8 Å². The second kappa shape index (κ2) is 8.77. The molecule has 0 unspecified atom stereocenters. The molecule has 3 nitrogen and oxygen atoms in total. The third-order valence-corrected chi connectivity index (χ3v) is 5.77. The Balaban J connectivity index is 1.54. The maximum absolute atomic E-state index is 9.62. The highest BCUT2D eigenvalue weighted by Crippen LogP contribution is 2.28. The monoisotopic (exact) mass is 407 g/mol. The Kier molecular flexibility index (Phi) is 5.74. The molecule has 3 aromatic carbocycles. The van der Waals surface area contributed by atoms with Crippen LogP contribution >= 0.6 is 11.3 Å². The van der Waals surface area contributed by atoms with Crippen LogP contribution in [0.4, 0.5) is 5.69 Å². The van der Waals surface area contributed by atoms with Crippen molar-refractivity contribution < 1.29 is 0 Å². The zero-order valence-electron chi connectivity index (χ0n) is 16.9. The molecule has 4 rings (SSSR count). The van der Waals surface area contributed by atoms with Crippen LogP contribution in [0.3, 0.4) is 0 Å². The van der Waals surface area contributed by atoms with Gasteiger partial charge in [-0.3, -0.25) is 0 Å². The molecule has 4 aromatic rings. The van der Waals surface area contributed by atoms with E-state index in [1.807, 2.05) is 29.6 Å². The molecule has 0 spiro atoms. The number of allylic oxidation sites excluding steroid dienone is 1. The summed E-state index contributed by atoms with van der Waals surface area (Å²) in [4.78, 5) is 4.69. The number of nitrogens with zero attached hydrogens (tertiary/aromatic N) is 2. The third-order valence-electron chi connectivity index (χ3n) is 4.90. The molecule has 0 amide bonds. The fourth-order valence-electron chi connectivity index (χ4n) is 3.26. The number of nitrogens with one attached hydrogen (secondary N) is 1. The molecule has 1 aromatic heterocycles. The van der Waals surface area contributed by atoms with Gasteiger partial charge in [-0.25, -0.2) is 4.98 Å². The van der Waals surface area contributed by atoms with E-state index in [9.17, 15) is 5.26 Å². The average molecular weight is 408 g/mol. The minimum atomic E-state index is 0.520. The predicted octanol–water partition coefficient (Wildman–Crippen LogP) is 7.07. The van der Waals surface area contributed by atoms with Crippen LogP contribution in [0.25, 0.3) is 28.0 Å². The van der Waals surface area contributed by atoms with Crippen LogP contribution in [-0.4, -0.2) is 4.98 Å². The van der Waals surface area contributed by atoms with Gasteiger partial charge in [0.05, 0.1) is 5.69 Å². The summed E-state index contributed by atoms with van der Waals surface area (Å²) in [5, 5.41) is 15.6. The number of anilines is 1. The Hall–Kier alpha value is -3.68. The highest BCUT2D eigenvalue weighted by atomic mass is 32.1. The molecule has 0 aliphatic heterocycles. The number of benzene rings is 3. The van der Waals surface area contributed by atoms with E-state index < -0.39 is 0 Å². The van der Waals surface area contributed by atoms with Crippen molar-refractivity contribution in [3.05, 3.63) is 101 Å². The molecule has 0 atom stereocenters. The highest BCUT2D eigenvalue weighted by Gasteiger charge is 2.10. The molecule has 0 aliphatic rings. The molecule has 4 heteroatoms. The number of aromatic nitrogens is 1. The largest absolute Gasteiger partial charge is 0.360 e. The maximum atomic E-state index is 9.62. The van der Waals surface area contributed by atoms with Gasteiger partial charge < -0.3 is 5.32 Å². The SMILES string of the molecule is Cc1ccc(N/C=C(/C#N)c2nc(-c3ccc(-c4ccccc4)cc3)cs2)c(C)c1. The minimum absolute atomic E-state index is 0.520. The van der Waals surface area contributed by atoms with Crippen LogP contribution in [0.1, 0.15) is 16.1 Å². The van der Waals surface area contributed by atoms with Gasteiger partial charge in [-0.1, -0.05) is 72.3 Å².